The zero-order valence-electron chi connectivity index (χ0n) is 11.0. The Morgan fingerprint density at radius 2 is 1.83 bits per heavy atom. The molecule has 1 saturated heterocycles. The van der Waals surface area contributed by atoms with Crippen LogP contribution < -0.4 is 16.1 Å². The van der Waals surface area contributed by atoms with Crippen LogP contribution in [0.1, 0.15) is 44.9 Å². The number of hydrogen-bond acceptors (Lipinski definition) is 3. The first kappa shape index (κ1) is 13.6. The SMILES string of the molecule is O=C(NOCC1CCNCC1)NC1CCCCC1. The first-order valence-electron chi connectivity index (χ1n) is 7.23. The van der Waals surface area contributed by atoms with Crippen molar-refractivity contribution in [1.82, 2.24) is 16.1 Å². The molecule has 2 fully saturated rings. The summed E-state index contributed by atoms with van der Waals surface area (Å²) < 4.78 is 0. The van der Waals surface area contributed by atoms with Gasteiger partial charge in [-0.3, -0.25) is 4.84 Å². The third kappa shape index (κ3) is 4.82. The van der Waals surface area contributed by atoms with Crippen molar-refractivity contribution in [3.63, 3.8) is 0 Å². The molecule has 2 aliphatic rings. The molecule has 1 heterocycles. The van der Waals surface area contributed by atoms with Gasteiger partial charge in [0.25, 0.3) is 0 Å². The standard InChI is InChI=1S/C13H25N3O2/c17-13(15-12-4-2-1-3-5-12)16-18-10-11-6-8-14-9-7-11/h11-12,14H,1-10H2,(H2,15,16,17). The summed E-state index contributed by atoms with van der Waals surface area (Å²) >= 11 is 0. The molecular formula is C13H25N3O2. The van der Waals surface area contributed by atoms with E-state index in [1.807, 2.05) is 0 Å². The lowest BCUT2D eigenvalue weighted by Crippen LogP contribution is -2.43. The monoisotopic (exact) mass is 255 g/mol. The van der Waals surface area contributed by atoms with Crippen LogP contribution in [0.25, 0.3) is 0 Å². The second-order valence-electron chi connectivity index (χ2n) is 5.41. The number of carbonyl (C=O) groups excluding carboxylic acids is 1. The molecule has 0 bridgehead atoms. The summed E-state index contributed by atoms with van der Waals surface area (Å²) in [5.41, 5.74) is 2.51. The highest BCUT2D eigenvalue weighted by atomic mass is 16.7. The van der Waals surface area contributed by atoms with Gasteiger partial charge in [0.05, 0.1) is 6.61 Å². The summed E-state index contributed by atoms with van der Waals surface area (Å²) in [6.07, 6.45) is 8.20. The second-order valence-corrected chi connectivity index (χ2v) is 5.41. The van der Waals surface area contributed by atoms with E-state index >= 15 is 0 Å². The van der Waals surface area contributed by atoms with E-state index in [9.17, 15) is 4.79 Å². The number of hydrogen-bond donors (Lipinski definition) is 3. The van der Waals surface area contributed by atoms with E-state index < -0.39 is 0 Å². The van der Waals surface area contributed by atoms with E-state index in [2.05, 4.69) is 16.1 Å². The maximum Gasteiger partial charge on any atom is 0.338 e. The second kappa shape index (κ2) is 7.59. The summed E-state index contributed by atoms with van der Waals surface area (Å²) in [4.78, 5) is 16.9. The molecule has 104 valence electrons. The zero-order valence-corrected chi connectivity index (χ0v) is 11.0. The van der Waals surface area contributed by atoms with Gasteiger partial charge in [0.2, 0.25) is 0 Å². The van der Waals surface area contributed by atoms with Crippen molar-refractivity contribution in [3.05, 3.63) is 0 Å². The lowest BCUT2D eigenvalue weighted by atomic mass is 9.96. The molecule has 1 aliphatic carbocycles. The van der Waals surface area contributed by atoms with Crippen LogP contribution in [0.5, 0.6) is 0 Å². The Kier molecular flexibility index (Phi) is 5.74. The van der Waals surface area contributed by atoms with Crippen molar-refractivity contribution in [2.45, 2.75) is 51.0 Å². The lowest BCUT2D eigenvalue weighted by molar-refractivity contribution is 0.0290. The average molecular weight is 255 g/mol. The fraction of sp³-hybridized carbons (Fsp3) is 0.923. The topological polar surface area (TPSA) is 62.4 Å². The van der Waals surface area contributed by atoms with E-state index in [1.54, 1.807) is 0 Å². The van der Waals surface area contributed by atoms with Gasteiger partial charge in [-0.2, -0.15) is 0 Å². The number of nitrogens with one attached hydrogen (secondary N) is 3. The number of rotatable bonds is 4. The van der Waals surface area contributed by atoms with Gasteiger partial charge in [-0.1, -0.05) is 19.3 Å². The van der Waals surface area contributed by atoms with Crippen molar-refractivity contribution < 1.29 is 9.63 Å². The smallest absolute Gasteiger partial charge is 0.334 e. The van der Waals surface area contributed by atoms with E-state index in [0.29, 0.717) is 18.6 Å². The first-order chi connectivity index (χ1) is 8.84. The molecule has 5 nitrogen and oxygen atoms in total. The molecule has 0 atom stereocenters. The van der Waals surface area contributed by atoms with Crippen molar-refractivity contribution in [2.24, 2.45) is 5.92 Å². The van der Waals surface area contributed by atoms with Gasteiger partial charge in [0.15, 0.2) is 0 Å². The Morgan fingerprint density at radius 1 is 1.11 bits per heavy atom. The highest BCUT2D eigenvalue weighted by Crippen LogP contribution is 2.17. The van der Waals surface area contributed by atoms with Crippen LogP contribution in [0.2, 0.25) is 0 Å². The maximum absolute atomic E-state index is 11.6. The molecule has 0 radical (unpaired) electrons. The molecule has 1 aliphatic heterocycles. The summed E-state index contributed by atoms with van der Waals surface area (Å²) in [5.74, 6) is 0.571. The minimum absolute atomic E-state index is 0.184. The molecule has 0 aromatic carbocycles. The van der Waals surface area contributed by atoms with Crippen molar-refractivity contribution in [2.75, 3.05) is 19.7 Å². The molecule has 2 amide bonds. The molecule has 2 rings (SSSR count). The number of piperidine rings is 1. The van der Waals surface area contributed by atoms with Crippen LogP contribution in [0, 0.1) is 5.92 Å². The van der Waals surface area contributed by atoms with E-state index in [1.165, 1.54) is 19.3 Å². The van der Waals surface area contributed by atoms with Gasteiger partial charge in [0.1, 0.15) is 0 Å². The van der Waals surface area contributed by atoms with Gasteiger partial charge in [-0.25, -0.2) is 10.3 Å². The van der Waals surface area contributed by atoms with Crippen molar-refractivity contribution in [1.29, 1.82) is 0 Å². The van der Waals surface area contributed by atoms with Crippen LogP contribution >= 0.6 is 0 Å². The number of hydroxylamine groups is 1. The minimum Gasteiger partial charge on any atom is -0.334 e. The predicted octanol–water partition coefficient (Wildman–Crippen LogP) is 1.55. The predicted molar refractivity (Wildman–Crippen MR) is 70.1 cm³/mol. The summed E-state index contributed by atoms with van der Waals surface area (Å²) in [7, 11) is 0. The quantitative estimate of drug-likeness (QED) is 0.668. The lowest BCUT2D eigenvalue weighted by Gasteiger charge is -2.24. The Hall–Kier alpha value is -0.810. The van der Waals surface area contributed by atoms with Gasteiger partial charge < -0.3 is 10.6 Å². The highest BCUT2D eigenvalue weighted by Gasteiger charge is 2.16. The molecule has 18 heavy (non-hydrogen) atoms. The van der Waals surface area contributed by atoms with Gasteiger partial charge in [-0.15, -0.1) is 0 Å². The Bertz CT molecular complexity index is 249. The maximum atomic E-state index is 11.6. The van der Waals surface area contributed by atoms with Crippen molar-refractivity contribution in [3.8, 4) is 0 Å². The number of carbonyl (C=O) groups is 1. The fourth-order valence-corrected chi connectivity index (χ4v) is 2.74. The molecule has 1 saturated carbocycles. The molecule has 0 unspecified atom stereocenters. The Balaban J connectivity index is 1.53. The van der Waals surface area contributed by atoms with Crippen LogP contribution in [0.4, 0.5) is 4.79 Å². The summed E-state index contributed by atoms with van der Waals surface area (Å²) in [6.45, 7) is 2.74. The van der Waals surface area contributed by atoms with Gasteiger partial charge >= 0.3 is 6.03 Å². The number of amides is 2. The van der Waals surface area contributed by atoms with Crippen LogP contribution in [-0.4, -0.2) is 31.8 Å². The zero-order chi connectivity index (χ0) is 12.6. The van der Waals surface area contributed by atoms with E-state index in [0.717, 1.165) is 38.8 Å². The van der Waals surface area contributed by atoms with Gasteiger partial charge in [0, 0.05) is 6.04 Å². The minimum atomic E-state index is -0.184. The Morgan fingerprint density at radius 3 is 2.56 bits per heavy atom. The molecule has 5 heteroatoms. The molecule has 3 N–H and O–H groups in total. The molecule has 0 aromatic rings. The fourth-order valence-electron chi connectivity index (χ4n) is 2.74. The normalized spacial score (nSPS) is 22.7. The van der Waals surface area contributed by atoms with E-state index in [-0.39, 0.29) is 6.03 Å². The molecule has 0 spiro atoms. The van der Waals surface area contributed by atoms with Crippen molar-refractivity contribution >= 4 is 6.03 Å². The van der Waals surface area contributed by atoms with Crippen LogP contribution in [-0.2, 0) is 4.84 Å². The highest BCUT2D eigenvalue weighted by molar-refractivity contribution is 5.73. The average Bonchev–Trinajstić information content (AvgIpc) is 2.41. The summed E-state index contributed by atoms with van der Waals surface area (Å²) in [5, 5.41) is 6.28. The largest absolute Gasteiger partial charge is 0.338 e. The molecule has 0 aromatic heterocycles. The van der Waals surface area contributed by atoms with Gasteiger partial charge in [-0.05, 0) is 44.7 Å². The Labute approximate surface area is 109 Å². The summed E-state index contributed by atoms with van der Waals surface area (Å²) in [6, 6.07) is 0.150. The van der Waals surface area contributed by atoms with Crippen LogP contribution in [0.15, 0.2) is 0 Å². The van der Waals surface area contributed by atoms with Crippen LogP contribution in [0.3, 0.4) is 0 Å². The third-order valence-electron chi connectivity index (χ3n) is 3.88. The first-order valence-corrected chi connectivity index (χ1v) is 7.23. The third-order valence-corrected chi connectivity index (χ3v) is 3.88. The van der Waals surface area contributed by atoms with E-state index in [4.69, 9.17) is 4.84 Å². The molecular weight excluding hydrogens is 230 g/mol. The number of urea groups is 1.